The predicted molar refractivity (Wildman–Crippen MR) is 99.4 cm³/mol. The molecule has 138 valence electrons. The van der Waals surface area contributed by atoms with Crippen LogP contribution in [0.4, 0.5) is 5.82 Å². The number of carbonyl (C=O) groups is 1. The largest absolute Gasteiger partial charge is 0.486 e. The molecule has 3 N–H and O–H groups in total. The van der Waals surface area contributed by atoms with Crippen LogP contribution < -0.4 is 20.5 Å². The quantitative estimate of drug-likeness (QED) is 0.713. The molecule has 1 aliphatic rings. The van der Waals surface area contributed by atoms with Gasteiger partial charge in [0.2, 0.25) is 0 Å². The van der Waals surface area contributed by atoms with E-state index in [4.69, 9.17) is 26.8 Å². The molecule has 0 saturated heterocycles. The number of fused-ring (bicyclic) bond motifs is 1. The molecule has 2 aromatic carbocycles. The standard InChI is InChI=1S/C18H16ClN5O3/c19-12-3-1-11(2-4-12)10-21-18(25)16-17(20)24(23-22-16)13-5-6-14-15(9-13)27-8-7-26-14/h1-6,9H,7-8,10,20H2,(H,21,25). The summed E-state index contributed by atoms with van der Waals surface area (Å²) in [5, 5.41) is 11.3. The summed E-state index contributed by atoms with van der Waals surface area (Å²) in [6, 6.07) is 12.5. The minimum Gasteiger partial charge on any atom is -0.486 e. The van der Waals surface area contributed by atoms with Crippen LogP contribution in [0.25, 0.3) is 5.69 Å². The number of anilines is 1. The molecule has 9 heteroatoms. The Bertz CT molecular complexity index is 987. The molecule has 0 saturated carbocycles. The van der Waals surface area contributed by atoms with Crippen molar-refractivity contribution in [1.82, 2.24) is 20.3 Å². The zero-order chi connectivity index (χ0) is 18.8. The summed E-state index contributed by atoms with van der Waals surface area (Å²) in [5.41, 5.74) is 7.68. The number of carbonyl (C=O) groups excluding carboxylic acids is 1. The lowest BCUT2D eigenvalue weighted by Crippen LogP contribution is -2.24. The Hall–Kier alpha value is -3.26. The van der Waals surface area contributed by atoms with Gasteiger partial charge in [-0.15, -0.1) is 5.10 Å². The molecule has 0 bridgehead atoms. The van der Waals surface area contributed by atoms with Gasteiger partial charge in [0.15, 0.2) is 23.0 Å². The maximum Gasteiger partial charge on any atom is 0.275 e. The van der Waals surface area contributed by atoms with Gasteiger partial charge >= 0.3 is 0 Å². The Morgan fingerprint density at radius 1 is 1.15 bits per heavy atom. The normalized spacial score (nSPS) is 12.6. The minimum atomic E-state index is -0.411. The number of nitrogens with one attached hydrogen (secondary N) is 1. The van der Waals surface area contributed by atoms with Gasteiger partial charge in [0.25, 0.3) is 5.91 Å². The van der Waals surface area contributed by atoms with E-state index in [0.717, 1.165) is 5.56 Å². The van der Waals surface area contributed by atoms with Gasteiger partial charge in [0, 0.05) is 17.6 Å². The van der Waals surface area contributed by atoms with Crippen molar-refractivity contribution in [3.63, 3.8) is 0 Å². The van der Waals surface area contributed by atoms with Crippen molar-refractivity contribution in [2.45, 2.75) is 6.54 Å². The van der Waals surface area contributed by atoms with Crippen LogP contribution in [0, 0.1) is 0 Å². The summed E-state index contributed by atoms with van der Waals surface area (Å²) in [5.74, 6) is 0.985. The molecular formula is C18H16ClN5O3. The van der Waals surface area contributed by atoms with Gasteiger partial charge < -0.3 is 20.5 Å². The molecule has 0 radical (unpaired) electrons. The summed E-state index contributed by atoms with van der Waals surface area (Å²) < 4.78 is 12.4. The van der Waals surface area contributed by atoms with Crippen LogP contribution in [0.1, 0.15) is 16.1 Å². The first-order valence-corrected chi connectivity index (χ1v) is 8.63. The monoisotopic (exact) mass is 385 g/mol. The average Bonchev–Trinajstić information content (AvgIpc) is 3.08. The Labute approximate surface area is 159 Å². The van der Waals surface area contributed by atoms with E-state index in [-0.39, 0.29) is 11.5 Å². The van der Waals surface area contributed by atoms with E-state index in [1.54, 1.807) is 30.3 Å². The minimum absolute atomic E-state index is 0.0545. The maximum absolute atomic E-state index is 12.4. The van der Waals surface area contributed by atoms with Crippen molar-refractivity contribution in [3.8, 4) is 17.2 Å². The molecule has 0 fully saturated rings. The van der Waals surface area contributed by atoms with Crippen molar-refractivity contribution in [3.05, 3.63) is 58.7 Å². The van der Waals surface area contributed by atoms with Crippen LogP contribution in [-0.4, -0.2) is 34.1 Å². The Balaban J connectivity index is 1.51. The predicted octanol–water partition coefficient (Wildman–Crippen LogP) is 2.20. The number of ether oxygens (including phenoxy) is 2. The molecule has 1 aromatic heterocycles. The summed E-state index contributed by atoms with van der Waals surface area (Å²) in [6.07, 6.45) is 0. The highest BCUT2D eigenvalue weighted by Crippen LogP contribution is 2.32. The number of hydrogen-bond acceptors (Lipinski definition) is 6. The third-order valence-electron chi connectivity index (χ3n) is 4.06. The van der Waals surface area contributed by atoms with E-state index in [1.807, 2.05) is 12.1 Å². The fourth-order valence-corrected chi connectivity index (χ4v) is 2.80. The van der Waals surface area contributed by atoms with Crippen LogP contribution in [0.3, 0.4) is 0 Å². The smallest absolute Gasteiger partial charge is 0.275 e. The Morgan fingerprint density at radius 3 is 2.67 bits per heavy atom. The van der Waals surface area contributed by atoms with Crippen molar-refractivity contribution >= 4 is 23.3 Å². The van der Waals surface area contributed by atoms with Crippen molar-refractivity contribution < 1.29 is 14.3 Å². The average molecular weight is 386 g/mol. The molecular weight excluding hydrogens is 370 g/mol. The number of benzene rings is 2. The lowest BCUT2D eigenvalue weighted by atomic mass is 10.2. The lowest BCUT2D eigenvalue weighted by molar-refractivity contribution is 0.0946. The molecule has 0 spiro atoms. The number of nitrogen functional groups attached to an aromatic ring is 1. The van der Waals surface area contributed by atoms with E-state index in [9.17, 15) is 4.79 Å². The van der Waals surface area contributed by atoms with Crippen LogP contribution in [0.15, 0.2) is 42.5 Å². The first-order chi connectivity index (χ1) is 13.1. The molecule has 3 aromatic rings. The van der Waals surface area contributed by atoms with Gasteiger partial charge in [0.05, 0.1) is 5.69 Å². The van der Waals surface area contributed by atoms with Gasteiger partial charge in [-0.2, -0.15) is 4.68 Å². The molecule has 0 atom stereocenters. The van der Waals surface area contributed by atoms with Crippen molar-refractivity contribution in [2.75, 3.05) is 18.9 Å². The van der Waals surface area contributed by atoms with Gasteiger partial charge in [-0.1, -0.05) is 28.9 Å². The fraction of sp³-hybridized carbons (Fsp3) is 0.167. The number of halogens is 1. The van der Waals surface area contributed by atoms with E-state index in [1.165, 1.54) is 4.68 Å². The highest BCUT2D eigenvalue weighted by Gasteiger charge is 2.20. The second kappa shape index (κ2) is 7.16. The van der Waals surface area contributed by atoms with Gasteiger partial charge in [-0.25, -0.2) is 0 Å². The van der Waals surface area contributed by atoms with E-state index < -0.39 is 5.91 Å². The van der Waals surface area contributed by atoms with Crippen molar-refractivity contribution in [1.29, 1.82) is 0 Å². The highest BCUT2D eigenvalue weighted by molar-refractivity contribution is 6.30. The number of rotatable bonds is 4. The zero-order valence-corrected chi connectivity index (χ0v) is 14.9. The molecule has 0 unspecified atom stereocenters. The molecule has 0 aliphatic carbocycles. The van der Waals surface area contributed by atoms with Crippen LogP contribution in [-0.2, 0) is 6.54 Å². The van der Waals surface area contributed by atoms with Crippen LogP contribution in [0.2, 0.25) is 5.02 Å². The second-order valence-electron chi connectivity index (χ2n) is 5.87. The molecule has 8 nitrogen and oxygen atoms in total. The molecule has 1 amide bonds. The summed E-state index contributed by atoms with van der Waals surface area (Å²) in [4.78, 5) is 12.4. The number of amides is 1. The third-order valence-corrected chi connectivity index (χ3v) is 4.31. The fourth-order valence-electron chi connectivity index (χ4n) is 2.67. The number of nitrogens with two attached hydrogens (primary N) is 1. The second-order valence-corrected chi connectivity index (χ2v) is 6.31. The summed E-state index contributed by atoms with van der Waals surface area (Å²) in [6.45, 7) is 1.31. The number of nitrogens with zero attached hydrogens (tertiary/aromatic N) is 3. The Kier molecular flexibility index (Phi) is 4.55. The third kappa shape index (κ3) is 3.52. The van der Waals surface area contributed by atoms with E-state index in [0.29, 0.717) is 42.0 Å². The maximum atomic E-state index is 12.4. The van der Waals surface area contributed by atoms with Gasteiger partial charge in [0.1, 0.15) is 13.2 Å². The zero-order valence-electron chi connectivity index (χ0n) is 14.2. The Morgan fingerprint density at radius 2 is 1.89 bits per heavy atom. The summed E-state index contributed by atoms with van der Waals surface area (Å²) in [7, 11) is 0. The first kappa shape index (κ1) is 17.2. The first-order valence-electron chi connectivity index (χ1n) is 8.25. The van der Waals surface area contributed by atoms with E-state index >= 15 is 0 Å². The molecule has 4 rings (SSSR count). The lowest BCUT2D eigenvalue weighted by Gasteiger charge is -2.18. The van der Waals surface area contributed by atoms with Crippen LogP contribution >= 0.6 is 11.6 Å². The van der Waals surface area contributed by atoms with E-state index in [2.05, 4.69) is 15.6 Å². The number of hydrogen-bond donors (Lipinski definition) is 2. The van der Waals surface area contributed by atoms with Crippen molar-refractivity contribution in [2.24, 2.45) is 0 Å². The van der Waals surface area contributed by atoms with Gasteiger partial charge in [-0.05, 0) is 29.8 Å². The molecule has 27 heavy (non-hydrogen) atoms. The van der Waals surface area contributed by atoms with Crippen LogP contribution in [0.5, 0.6) is 11.5 Å². The van der Waals surface area contributed by atoms with Gasteiger partial charge in [-0.3, -0.25) is 4.79 Å². The molecule has 1 aliphatic heterocycles. The topological polar surface area (TPSA) is 104 Å². The molecule has 2 heterocycles. The highest BCUT2D eigenvalue weighted by atomic mass is 35.5. The summed E-state index contributed by atoms with van der Waals surface area (Å²) >= 11 is 5.85. The SMILES string of the molecule is Nc1c(C(=O)NCc2ccc(Cl)cc2)nnn1-c1ccc2c(c1)OCCO2. The number of aromatic nitrogens is 3.